The molecule has 2 aromatic rings. The van der Waals surface area contributed by atoms with E-state index < -0.39 is 0 Å². The van der Waals surface area contributed by atoms with Crippen molar-refractivity contribution in [1.29, 1.82) is 0 Å². The van der Waals surface area contributed by atoms with Gasteiger partial charge in [0.25, 0.3) is 0 Å². The van der Waals surface area contributed by atoms with Gasteiger partial charge in [0.05, 0.1) is 27.4 Å². The molecule has 8 heteroatoms. The molecular formula is C30H42N2O6. The first-order valence-electron chi connectivity index (χ1n) is 13.6. The van der Waals surface area contributed by atoms with Gasteiger partial charge in [-0.05, 0) is 73.9 Å². The molecule has 38 heavy (non-hydrogen) atoms. The van der Waals surface area contributed by atoms with Crippen molar-refractivity contribution in [2.24, 2.45) is 11.8 Å². The molecule has 0 aliphatic heterocycles. The maximum Gasteiger partial charge on any atom is 0.223 e. The molecule has 2 aromatic carbocycles. The first kappa shape index (κ1) is 29.1. The lowest BCUT2D eigenvalue weighted by Crippen LogP contribution is -2.37. The number of carbonyl (C=O) groups is 2. The van der Waals surface area contributed by atoms with E-state index in [9.17, 15) is 9.59 Å². The van der Waals surface area contributed by atoms with Crippen LogP contribution in [-0.2, 0) is 22.7 Å². The van der Waals surface area contributed by atoms with Crippen molar-refractivity contribution in [2.45, 2.75) is 65.5 Å². The van der Waals surface area contributed by atoms with Crippen LogP contribution in [0.1, 0.15) is 63.5 Å². The SMILES string of the molecule is CCCOc1ccc(CNC(=O)C2CCC(C(=O)NCc3ccc(OCCC)c(OC)c3)CC2)cc1OC. The van der Waals surface area contributed by atoms with Crippen molar-refractivity contribution < 1.29 is 28.5 Å². The molecule has 0 saturated heterocycles. The van der Waals surface area contributed by atoms with E-state index in [0.29, 0.717) is 75.0 Å². The molecule has 0 unspecified atom stereocenters. The van der Waals surface area contributed by atoms with Gasteiger partial charge in [-0.2, -0.15) is 0 Å². The van der Waals surface area contributed by atoms with E-state index in [1.54, 1.807) is 14.2 Å². The van der Waals surface area contributed by atoms with Crippen LogP contribution in [-0.4, -0.2) is 39.2 Å². The molecule has 8 nitrogen and oxygen atoms in total. The third-order valence-electron chi connectivity index (χ3n) is 6.78. The maximum atomic E-state index is 12.8. The van der Waals surface area contributed by atoms with E-state index in [0.717, 1.165) is 24.0 Å². The highest BCUT2D eigenvalue weighted by Gasteiger charge is 2.29. The molecule has 2 N–H and O–H groups in total. The molecule has 2 amide bonds. The summed E-state index contributed by atoms with van der Waals surface area (Å²) in [6.07, 6.45) is 4.65. The van der Waals surface area contributed by atoms with Crippen LogP contribution in [0.5, 0.6) is 23.0 Å². The summed E-state index contributed by atoms with van der Waals surface area (Å²) >= 11 is 0. The third kappa shape index (κ3) is 8.30. The zero-order valence-electron chi connectivity index (χ0n) is 23.1. The zero-order valence-corrected chi connectivity index (χ0v) is 23.1. The Morgan fingerprint density at radius 3 is 1.42 bits per heavy atom. The fraction of sp³-hybridized carbons (Fsp3) is 0.533. The second kappa shape index (κ2) is 15.1. The number of hydrogen-bond donors (Lipinski definition) is 2. The highest BCUT2D eigenvalue weighted by atomic mass is 16.5. The number of amides is 2. The monoisotopic (exact) mass is 526 g/mol. The molecule has 0 atom stereocenters. The number of nitrogens with one attached hydrogen (secondary N) is 2. The zero-order chi connectivity index (χ0) is 27.3. The van der Waals surface area contributed by atoms with Gasteiger partial charge in [0.2, 0.25) is 11.8 Å². The summed E-state index contributed by atoms with van der Waals surface area (Å²) in [6, 6.07) is 11.4. The molecule has 0 bridgehead atoms. The Kier molecular flexibility index (Phi) is 11.6. The Morgan fingerprint density at radius 2 is 1.08 bits per heavy atom. The number of methoxy groups -OCH3 is 2. The molecule has 0 radical (unpaired) electrons. The molecular weight excluding hydrogens is 484 g/mol. The first-order chi connectivity index (χ1) is 18.5. The van der Waals surface area contributed by atoms with Crippen molar-refractivity contribution in [1.82, 2.24) is 10.6 Å². The maximum absolute atomic E-state index is 12.8. The standard InChI is InChI=1S/C30H42N2O6/c1-5-15-37-25-13-7-21(17-27(25)35-3)19-31-29(33)23-9-11-24(12-10-23)30(34)32-20-22-8-14-26(38-16-6-2)28(18-22)36-4/h7-8,13-14,17-18,23-24H,5-6,9-12,15-16,19-20H2,1-4H3,(H,31,33)(H,32,34). The van der Waals surface area contributed by atoms with Gasteiger partial charge in [0.15, 0.2) is 23.0 Å². The Hall–Kier alpha value is -3.42. The Labute approximate surface area is 226 Å². The fourth-order valence-corrected chi connectivity index (χ4v) is 4.59. The average Bonchev–Trinajstić information content (AvgIpc) is 2.96. The largest absolute Gasteiger partial charge is 0.493 e. The second-order valence-corrected chi connectivity index (χ2v) is 9.65. The second-order valence-electron chi connectivity index (χ2n) is 9.65. The predicted octanol–water partition coefficient (Wildman–Crippen LogP) is 5.02. The molecule has 1 aliphatic rings. The topological polar surface area (TPSA) is 95.1 Å². The highest BCUT2D eigenvalue weighted by molar-refractivity contribution is 5.81. The van der Waals surface area contributed by atoms with Crippen molar-refractivity contribution in [3.8, 4) is 23.0 Å². The summed E-state index contributed by atoms with van der Waals surface area (Å²) in [5, 5.41) is 6.09. The lowest BCUT2D eigenvalue weighted by Gasteiger charge is -2.27. The van der Waals surface area contributed by atoms with E-state index in [2.05, 4.69) is 24.5 Å². The van der Waals surface area contributed by atoms with E-state index in [1.165, 1.54) is 0 Å². The smallest absolute Gasteiger partial charge is 0.223 e. The molecule has 0 heterocycles. The summed E-state index contributed by atoms with van der Waals surface area (Å²) in [7, 11) is 3.22. The van der Waals surface area contributed by atoms with E-state index in [4.69, 9.17) is 18.9 Å². The minimum atomic E-state index is -0.0759. The van der Waals surface area contributed by atoms with E-state index in [1.807, 2.05) is 36.4 Å². The number of hydrogen-bond acceptors (Lipinski definition) is 6. The third-order valence-corrected chi connectivity index (χ3v) is 6.78. The van der Waals surface area contributed by atoms with Gasteiger partial charge in [0.1, 0.15) is 0 Å². The van der Waals surface area contributed by atoms with Crippen molar-refractivity contribution in [2.75, 3.05) is 27.4 Å². The van der Waals surface area contributed by atoms with Crippen LogP contribution in [0.15, 0.2) is 36.4 Å². The van der Waals surface area contributed by atoms with Crippen LogP contribution in [0.4, 0.5) is 0 Å². The molecule has 3 rings (SSSR count). The van der Waals surface area contributed by atoms with Gasteiger partial charge in [-0.15, -0.1) is 0 Å². The van der Waals surface area contributed by atoms with Crippen LogP contribution in [0.2, 0.25) is 0 Å². The highest BCUT2D eigenvalue weighted by Crippen LogP contribution is 2.31. The van der Waals surface area contributed by atoms with Crippen LogP contribution < -0.4 is 29.6 Å². The van der Waals surface area contributed by atoms with Crippen molar-refractivity contribution in [3.05, 3.63) is 47.5 Å². The predicted molar refractivity (Wildman–Crippen MR) is 147 cm³/mol. The van der Waals surface area contributed by atoms with E-state index in [-0.39, 0.29) is 23.7 Å². The lowest BCUT2D eigenvalue weighted by atomic mass is 9.81. The van der Waals surface area contributed by atoms with Gasteiger partial charge in [0, 0.05) is 24.9 Å². The quantitative estimate of drug-likeness (QED) is 0.359. The fourth-order valence-electron chi connectivity index (χ4n) is 4.59. The Balaban J connectivity index is 1.42. The Bertz CT molecular complexity index is 966. The van der Waals surface area contributed by atoms with Crippen LogP contribution in [0.3, 0.4) is 0 Å². The number of rotatable bonds is 14. The van der Waals surface area contributed by atoms with Gasteiger partial charge in [-0.1, -0.05) is 26.0 Å². The van der Waals surface area contributed by atoms with Crippen LogP contribution >= 0.6 is 0 Å². The lowest BCUT2D eigenvalue weighted by molar-refractivity contribution is -0.130. The molecule has 1 saturated carbocycles. The van der Waals surface area contributed by atoms with E-state index >= 15 is 0 Å². The number of carbonyl (C=O) groups excluding carboxylic acids is 2. The normalized spacial score (nSPS) is 16.8. The van der Waals surface area contributed by atoms with Crippen molar-refractivity contribution >= 4 is 11.8 Å². The summed E-state index contributed by atoms with van der Waals surface area (Å²) in [6.45, 7) is 6.22. The summed E-state index contributed by atoms with van der Waals surface area (Å²) in [4.78, 5) is 25.6. The molecule has 0 spiro atoms. The van der Waals surface area contributed by atoms with Gasteiger partial charge < -0.3 is 29.6 Å². The average molecular weight is 527 g/mol. The minimum Gasteiger partial charge on any atom is -0.493 e. The molecule has 0 aromatic heterocycles. The summed E-state index contributed by atoms with van der Waals surface area (Å²) in [5.41, 5.74) is 1.91. The molecule has 1 aliphatic carbocycles. The Morgan fingerprint density at radius 1 is 0.684 bits per heavy atom. The van der Waals surface area contributed by atoms with Gasteiger partial charge >= 0.3 is 0 Å². The number of benzene rings is 2. The van der Waals surface area contributed by atoms with Gasteiger partial charge in [-0.25, -0.2) is 0 Å². The minimum absolute atomic E-state index is 0.0339. The number of ether oxygens (including phenoxy) is 4. The molecule has 208 valence electrons. The summed E-state index contributed by atoms with van der Waals surface area (Å²) in [5.74, 6) is 2.66. The van der Waals surface area contributed by atoms with Crippen molar-refractivity contribution in [3.63, 3.8) is 0 Å². The van der Waals surface area contributed by atoms with Gasteiger partial charge in [-0.3, -0.25) is 9.59 Å². The summed E-state index contributed by atoms with van der Waals surface area (Å²) < 4.78 is 22.3. The first-order valence-corrected chi connectivity index (χ1v) is 13.6. The molecule has 1 fully saturated rings. The van der Waals surface area contributed by atoms with Crippen LogP contribution in [0, 0.1) is 11.8 Å². The van der Waals surface area contributed by atoms with Crippen LogP contribution in [0.25, 0.3) is 0 Å².